The van der Waals surface area contributed by atoms with Crippen molar-refractivity contribution in [3.63, 3.8) is 0 Å². The van der Waals surface area contributed by atoms with Crippen LogP contribution in [0.3, 0.4) is 0 Å². The van der Waals surface area contributed by atoms with Gasteiger partial charge in [0.05, 0.1) is 0 Å². The van der Waals surface area contributed by atoms with Gasteiger partial charge in [0.2, 0.25) is 0 Å². The monoisotopic (exact) mass is 235 g/mol. The molecule has 0 heterocycles. The number of benzene rings is 1. The zero-order chi connectivity index (χ0) is 12.8. The van der Waals surface area contributed by atoms with Crippen molar-refractivity contribution in [2.24, 2.45) is 0 Å². The molecule has 0 saturated carbocycles. The smallest absolute Gasteiger partial charge is 0.303 e. The molecule has 0 bridgehead atoms. The summed E-state index contributed by atoms with van der Waals surface area (Å²) in [6, 6.07) is 6.30. The van der Waals surface area contributed by atoms with Gasteiger partial charge in [-0.1, -0.05) is 18.2 Å². The standard InChI is InChI=1S/C14H21NO2/c1-11-6-4-7-12(2)13(11)10-15(3)9-5-8-14(16)17/h4,6-7H,5,8-10H2,1-3H3,(H,16,17). The normalized spacial score (nSPS) is 10.8. The number of hydrogen-bond donors (Lipinski definition) is 1. The van der Waals surface area contributed by atoms with Crippen molar-refractivity contribution < 1.29 is 9.90 Å². The maximum Gasteiger partial charge on any atom is 0.303 e. The van der Waals surface area contributed by atoms with Crippen molar-refractivity contribution in [2.45, 2.75) is 33.2 Å². The summed E-state index contributed by atoms with van der Waals surface area (Å²) < 4.78 is 0. The Morgan fingerprint density at radius 3 is 2.41 bits per heavy atom. The van der Waals surface area contributed by atoms with E-state index in [9.17, 15) is 4.79 Å². The summed E-state index contributed by atoms with van der Waals surface area (Å²) in [6.45, 7) is 5.94. The van der Waals surface area contributed by atoms with Crippen molar-refractivity contribution in [1.29, 1.82) is 0 Å². The van der Waals surface area contributed by atoms with Gasteiger partial charge in [-0.15, -0.1) is 0 Å². The van der Waals surface area contributed by atoms with Crippen molar-refractivity contribution in [3.05, 3.63) is 34.9 Å². The minimum absolute atomic E-state index is 0.247. The minimum Gasteiger partial charge on any atom is -0.481 e. The Morgan fingerprint density at radius 1 is 1.29 bits per heavy atom. The second-order valence-corrected chi connectivity index (χ2v) is 4.61. The van der Waals surface area contributed by atoms with Gasteiger partial charge in [-0.25, -0.2) is 0 Å². The van der Waals surface area contributed by atoms with Gasteiger partial charge in [0.25, 0.3) is 0 Å². The molecule has 1 aromatic rings. The fourth-order valence-corrected chi connectivity index (χ4v) is 1.95. The van der Waals surface area contributed by atoms with E-state index in [1.165, 1.54) is 16.7 Å². The molecular weight excluding hydrogens is 214 g/mol. The van der Waals surface area contributed by atoms with Crippen molar-refractivity contribution in [3.8, 4) is 0 Å². The lowest BCUT2D eigenvalue weighted by Crippen LogP contribution is -2.21. The molecule has 0 fully saturated rings. The Balaban J connectivity index is 2.50. The summed E-state index contributed by atoms with van der Waals surface area (Å²) >= 11 is 0. The van der Waals surface area contributed by atoms with Gasteiger partial charge in [0.15, 0.2) is 0 Å². The predicted molar refractivity (Wildman–Crippen MR) is 69.1 cm³/mol. The molecular formula is C14H21NO2. The fraction of sp³-hybridized carbons (Fsp3) is 0.500. The van der Waals surface area contributed by atoms with Crippen LogP contribution in [-0.4, -0.2) is 29.6 Å². The van der Waals surface area contributed by atoms with Gasteiger partial charge < -0.3 is 10.0 Å². The van der Waals surface area contributed by atoms with E-state index in [4.69, 9.17) is 5.11 Å². The first-order valence-electron chi connectivity index (χ1n) is 5.96. The maximum atomic E-state index is 10.4. The van der Waals surface area contributed by atoms with E-state index in [0.29, 0.717) is 6.42 Å². The van der Waals surface area contributed by atoms with E-state index in [1.807, 2.05) is 7.05 Å². The quantitative estimate of drug-likeness (QED) is 0.824. The molecule has 1 N–H and O–H groups in total. The highest BCUT2D eigenvalue weighted by Crippen LogP contribution is 2.15. The molecule has 1 rings (SSSR count). The largest absolute Gasteiger partial charge is 0.481 e. The van der Waals surface area contributed by atoms with Crippen LogP contribution in [0.15, 0.2) is 18.2 Å². The molecule has 0 radical (unpaired) electrons. The van der Waals surface area contributed by atoms with E-state index in [-0.39, 0.29) is 6.42 Å². The molecule has 0 aliphatic heterocycles. The van der Waals surface area contributed by atoms with E-state index in [2.05, 4.69) is 36.9 Å². The molecule has 0 atom stereocenters. The summed E-state index contributed by atoms with van der Waals surface area (Å²) in [5, 5.41) is 8.59. The molecule has 17 heavy (non-hydrogen) atoms. The third-order valence-corrected chi connectivity index (χ3v) is 3.00. The predicted octanol–water partition coefficient (Wildman–Crippen LogP) is 2.60. The average Bonchev–Trinajstić information content (AvgIpc) is 2.23. The number of aryl methyl sites for hydroxylation is 2. The Labute approximate surface area is 103 Å². The molecule has 0 aliphatic rings. The molecule has 0 aliphatic carbocycles. The molecule has 0 aromatic heterocycles. The summed E-state index contributed by atoms with van der Waals surface area (Å²) in [6.07, 6.45) is 0.952. The van der Waals surface area contributed by atoms with Crippen molar-refractivity contribution in [1.82, 2.24) is 4.90 Å². The van der Waals surface area contributed by atoms with Crippen LogP contribution in [-0.2, 0) is 11.3 Å². The molecule has 3 nitrogen and oxygen atoms in total. The first-order chi connectivity index (χ1) is 8.00. The number of hydrogen-bond acceptors (Lipinski definition) is 2. The first kappa shape index (κ1) is 13.7. The zero-order valence-corrected chi connectivity index (χ0v) is 10.9. The van der Waals surface area contributed by atoms with Gasteiger partial charge >= 0.3 is 5.97 Å². The third-order valence-electron chi connectivity index (χ3n) is 3.00. The number of nitrogens with zero attached hydrogens (tertiary/aromatic N) is 1. The van der Waals surface area contributed by atoms with Crippen LogP contribution in [0.2, 0.25) is 0 Å². The number of carboxylic acid groups (broad SMARTS) is 1. The van der Waals surface area contributed by atoms with E-state index in [1.54, 1.807) is 0 Å². The summed E-state index contributed by atoms with van der Waals surface area (Å²) in [4.78, 5) is 12.6. The lowest BCUT2D eigenvalue weighted by Gasteiger charge is -2.19. The number of rotatable bonds is 6. The van der Waals surface area contributed by atoms with E-state index < -0.39 is 5.97 Å². The first-order valence-corrected chi connectivity index (χ1v) is 5.96. The molecule has 0 spiro atoms. The number of carbonyl (C=O) groups is 1. The Kier molecular flexibility index (Phi) is 5.16. The maximum absolute atomic E-state index is 10.4. The lowest BCUT2D eigenvalue weighted by atomic mass is 10.0. The second-order valence-electron chi connectivity index (χ2n) is 4.61. The van der Waals surface area contributed by atoms with Gasteiger partial charge in [0.1, 0.15) is 0 Å². The van der Waals surface area contributed by atoms with E-state index >= 15 is 0 Å². The highest BCUT2D eigenvalue weighted by molar-refractivity contribution is 5.66. The Morgan fingerprint density at radius 2 is 1.88 bits per heavy atom. The highest BCUT2D eigenvalue weighted by atomic mass is 16.4. The van der Waals surface area contributed by atoms with Crippen LogP contribution in [0.25, 0.3) is 0 Å². The van der Waals surface area contributed by atoms with Crippen LogP contribution in [0.5, 0.6) is 0 Å². The molecule has 0 saturated heterocycles. The number of aliphatic carboxylic acids is 1. The van der Waals surface area contributed by atoms with Crippen LogP contribution < -0.4 is 0 Å². The van der Waals surface area contributed by atoms with Crippen LogP contribution in [0, 0.1) is 13.8 Å². The molecule has 94 valence electrons. The Bertz CT molecular complexity index is 368. The summed E-state index contributed by atoms with van der Waals surface area (Å²) in [5.41, 5.74) is 3.95. The fourth-order valence-electron chi connectivity index (χ4n) is 1.95. The van der Waals surface area contributed by atoms with E-state index in [0.717, 1.165) is 13.1 Å². The van der Waals surface area contributed by atoms with Gasteiger partial charge in [-0.3, -0.25) is 4.79 Å². The van der Waals surface area contributed by atoms with Gasteiger partial charge in [-0.05, 0) is 50.6 Å². The van der Waals surface area contributed by atoms with Crippen LogP contribution >= 0.6 is 0 Å². The Hall–Kier alpha value is -1.35. The number of carboxylic acids is 1. The average molecular weight is 235 g/mol. The molecule has 0 unspecified atom stereocenters. The zero-order valence-electron chi connectivity index (χ0n) is 10.9. The minimum atomic E-state index is -0.717. The highest BCUT2D eigenvalue weighted by Gasteiger charge is 2.06. The SMILES string of the molecule is Cc1cccc(C)c1CN(C)CCCC(=O)O. The summed E-state index contributed by atoms with van der Waals surface area (Å²) in [7, 11) is 2.04. The van der Waals surface area contributed by atoms with Crippen LogP contribution in [0.1, 0.15) is 29.5 Å². The third kappa shape index (κ3) is 4.57. The topological polar surface area (TPSA) is 40.5 Å². The van der Waals surface area contributed by atoms with Crippen LogP contribution in [0.4, 0.5) is 0 Å². The van der Waals surface area contributed by atoms with Gasteiger partial charge in [-0.2, -0.15) is 0 Å². The molecule has 1 aromatic carbocycles. The van der Waals surface area contributed by atoms with Crippen molar-refractivity contribution >= 4 is 5.97 Å². The molecule has 3 heteroatoms. The molecule has 0 amide bonds. The van der Waals surface area contributed by atoms with Crippen molar-refractivity contribution in [2.75, 3.05) is 13.6 Å². The lowest BCUT2D eigenvalue weighted by molar-refractivity contribution is -0.137. The van der Waals surface area contributed by atoms with Gasteiger partial charge in [0, 0.05) is 13.0 Å². The summed E-state index contributed by atoms with van der Waals surface area (Å²) in [5.74, 6) is -0.717. The second kappa shape index (κ2) is 6.40.